The van der Waals surface area contributed by atoms with Crippen molar-refractivity contribution in [1.82, 2.24) is 4.98 Å². The maximum atomic E-state index is 12.9. The lowest BCUT2D eigenvalue weighted by molar-refractivity contribution is -0.140. The molecule has 0 bridgehead atoms. The van der Waals surface area contributed by atoms with Crippen LogP contribution in [0.3, 0.4) is 0 Å². The first-order chi connectivity index (χ1) is 12.2. The molecule has 25 heavy (non-hydrogen) atoms. The van der Waals surface area contributed by atoms with E-state index >= 15 is 0 Å². The average Bonchev–Trinajstić information content (AvgIpc) is 2.92. The van der Waals surface area contributed by atoms with Gasteiger partial charge >= 0.3 is 5.97 Å². The van der Waals surface area contributed by atoms with Crippen molar-refractivity contribution in [2.24, 2.45) is 0 Å². The zero-order chi connectivity index (χ0) is 17.4. The van der Waals surface area contributed by atoms with Gasteiger partial charge in [-0.3, -0.25) is 9.59 Å². The Morgan fingerprint density at radius 2 is 1.80 bits per heavy atom. The summed E-state index contributed by atoms with van der Waals surface area (Å²) in [5.74, 6) is -0.435. The van der Waals surface area contributed by atoms with Gasteiger partial charge < -0.3 is 10.1 Å². The highest BCUT2D eigenvalue weighted by Crippen LogP contribution is 2.41. The Bertz CT molecular complexity index is 1010. The predicted octanol–water partition coefficient (Wildman–Crippen LogP) is 3.42. The molecule has 1 aliphatic carbocycles. The molecule has 0 radical (unpaired) electrons. The standard InChI is InChI=1S/C20H16N2O3/c1-2-25-16(23)11-21-18-14-9-5-6-10-15(14)22-19-12-7-3-4-8-13(12)20(24)17(18)19/h3-10H,2,11H2,1H3,(H,21,22). The topological polar surface area (TPSA) is 68.3 Å². The van der Waals surface area contributed by atoms with Crippen LogP contribution < -0.4 is 5.32 Å². The lowest BCUT2D eigenvalue weighted by Crippen LogP contribution is -2.18. The van der Waals surface area contributed by atoms with Gasteiger partial charge in [0.1, 0.15) is 6.54 Å². The van der Waals surface area contributed by atoms with Crippen molar-refractivity contribution in [3.8, 4) is 11.3 Å². The van der Waals surface area contributed by atoms with Gasteiger partial charge in [-0.1, -0.05) is 42.5 Å². The van der Waals surface area contributed by atoms with Crippen LogP contribution in [0.15, 0.2) is 48.5 Å². The molecule has 2 aromatic carbocycles. The normalized spacial score (nSPS) is 12.0. The van der Waals surface area contributed by atoms with Gasteiger partial charge in [0.05, 0.1) is 29.1 Å². The fourth-order valence-electron chi connectivity index (χ4n) is 3.21. The van der Waals surface area contributed by atoms with E-state index in [1.165, 1.54) is 0 Å². The van der Waals surface area contributed by atoms with Crippen molar-refractivity contribution < 1.29 is 14.3 Å². The fourth-order valence-corrected chi connectivity index (χ4v) is 3.21. The summed E-state index contributed by atoms with van der Waals surface area (Å²) < 4.78 is 4.98. The molecule has 0 unspecified atom stereocenters. The quantitative estimate of drug-likeness (QED) is 0.580. The van der Waals surface area contributed by atoms with Gasteiger partial charge in [0, 0.05) is 16.5 Å². The summed E-state index contributed by atoms with van der Waals surface area (Å²) in [6.45, 7) is 2.08. The van der Waals surface area contributed by atoms with Crippen LogP contribution in [-0.4, -0.2) is 29.9 Å². The van der Waals surface area contributed by atoms with E-state index < -0.39 is 0 Å². The van der Waals surface area contributed by atoms with Crippen molar-refractivity contribution in [3.63, 3.8) is 0 Å². The number of rotatable bonds is 4. The van der Waals surface area contributed by atoms with Crippen molar-refractivity contribution in [3.05, 3.63) is 59.7 Å². The van der Waals surface area contributed by atoms with Gasteiger partial charge in [0.15, 0.2) is 5.78 Å². The van der Waals surface area contributed by atoms with Crippen molar-refractivity contribution in [2.45, 2.75) is 6.92 Å². The molecule has 1 aliphatic rings. The highest BCUT2D eigenvalue weighted by atomic mass is 16.5. The number of ether oxygens (including phenoxy) is 1. The number of carbonyl (C=O) groups excluding carboxylic acids is 2. The number of nitrogens with zero attached hydrogens (tertiary/aromatic N) is 1. The molecule has 0 atom stereocenters. The molecule has 1 N–H and O–H groups in total. The maximum Gasteiger partial charge on any atom is 0.325 e. The summed E-state index contributed by atoms with van der Waals surface area (Å²) in [5, 5.41) is 3.91. The number of pyridine rings is 1. The second-order valence-electron chi connectivity index (χ2n) is 5.76. The number of ketones is 1. The Hall–Kier alpha value is -3.21. The Kier molecular flexibility index (Phi) is 3.69. The van der Waals surface area contributed by atoms with Crippen LogP contribution in [0.4, 0.5) is 5.69 Å². The average molecular weight is 332 g/mol. The van der Waals surface area contributed by atoms with Crippen LogP contribution in [0.25, 0.3) is 22.2 Å². The SMILES string of the molecule is CCOC(=O)CNc1c2c(nc3ccccc13)-c1ccccc1C2=O. The van der Waals surface area contributed by atoms with E-state index in [2.05, 4.69) is 5.32 Å². The molecule has 0 spiro atoms. The number of benzene rings is 2. The second kappa shape index (κ2) is 6.02. The number of fused-ring (bicyclic) bond motifs is 4. The third-order valence-electron chi connectivity index (χ3n) is 4.26. The molecule has 5 heteroatoms. The van der Waals surface area contributed by atoms with Crippen LogP contribution in [0, 0.1) is 0 Å². The van der Waals surface area contributed by atoms with Crippen molar-refractivity contribution in [1.29, 1.82) is 0 Å². The van der Waals surface area contributed by atoms with E-state index in [1.54, 1.807) is 13.0 Å². The molecule has 0 aliphatic heterocycles. The summed E-state index contributed by atoms with van der Waals surface area (Å²) in [6.07, 6.45) is 0. The fraction of sp³-hybridized carbons (Fsp3) is 0.150. The molecule has 1 heterocycles. The number of para-hydroxylation sites is 1. The summed E-state index contributed by atoms with van der Waals surface area (Å²) in [4.78, 5) is 29.4. The van der Waals surface area contributed by atoms with E-state index in [0.717, 1.165) is 16.5 Å². The van der Waals surface area contributed by atoms with Gasteiger partial charge in [-0.05, 0) is 13.0 Å². The molecule has 0 saturated carbocycles. The lowest BCUT2D eigenvalue weighted by Gasteiger charge is -2.13. The Morgan fingerprint density at radius 3 is 2.60 bits per heavy atom. The zero-order valence-electron chi connectivity index (χ0n) is 13.7. The third kappa shape index (κ3) is 2.45. The summed E-state index contributed by atoms with van der Waals surface area (Å²) in [6, 6.07) is 15.0. The molecule has 124 valence electrons. The molecule has 0 saturated heterocycles. The Balaban J connectivity index is 1.90. The summed E-state index contributed by atoms with van der Waals surface area (Å²) in [5.41, 5.74) is 4.05. The molecular formula is C20H16N2O3. The minimum atomic E-state index is -0.361. The van der Waals surface area contributed by atoms with Crippen LogP contribution >= 0.6 is 0 Å². The minimum Gasteiger partial charge on any atom is -0.465 e. The third-order valence-corrected chi connectivity index (χ3v) is 4.26. The van der Waals surface area contributed by atoms with Crippen LogP contribution in [0.5, 0.6) is 0 Å². The Morgan fingerprint density at radius 1 is 1.08 bits per heavy atom. The molecule has 3 aromatic rings. The molecule has 1 aromatic heterocycles. The molecule has 4 rings (SSSR count). The first-order valence-corrected chi connectivity index (χ1v) is 8.17. The van der Waals surface area contributed by atoms with Gasteiger partial charge in [-0.2, -0.15) is 0 Å². The van der Waals surface area contributed by atoms with Gasteiger partial charge in [0.25, 0.3) is 0 Å². The van der Waals surface area contributed by atoms with E-state index in [4.69, 9.17) is 9.72 Å². The molecular weight excluding hydrogens is 316 g/mol. The number of anilines is 1. The zero-order valence-corrected chi connectivity index (χ0v) is 13.7. The van der Waals surface area contributed by atoms with E-state index in [9.17, 15) is 9.59 Å². The first-order valence-electron chi connectivity index (χ1n) is 8.17. The number of carbonyl (C=O) groups is 2. The number of esters is 1. The molecule has 0 fully saturated rings. The van der Waals surface area contributed by atoms with Crippen molar-refractivity contribution in [2.75, 3.05) is 18.5 Å². The van der Waals surface area contributed by atoms with E-state index in [0.29, 0.717) is 29.1 Å². The highest BCUT2D eigenvalue weighted by molar-refractivity contribution is 6.26. The summed E-state index contributed by atoms with van der Waals surface area (Å²) in [7, 11) is 0. The van der Waals surface area contributed by atoms with E-state index in [1.807, 2.05) is 42.5 Å². The number of nitrogens with one attached hydrogen (secondary N) is 1. The number of hydrogen-bond acceptors (Lipinski definition) is 5. The largest absolute Gasteiger partial charge is 0.465 e. The maximum absolute atomic E-state index is 12.9. The molecule has 0 amide bonds. The number of hydrogen-bond donors (Lipinski definition) is 1. The van der Waals surface area contributed by atoms with Crippen LogP contribution in [0.1, 0.15) is 22.8 Å². The lowest BCUT2D eigenvalue weighted by atomic mass is 10.0. The van der Waals surface area contributed by atoms with Gasteiger partial charge in [-0.25, -0.2) is 4.98 Å². The minimum absolute atomic E-state index is 0.00207. The first kappa shape index (κ1) is 15.3. The van der Waals surface area contributed by atoms with Crippen LogP contribution in [-0.2, 0) is 9.53 Å². The predicted molar refractivity (Wildman–Crippen MR) is 95.7 cm³/mol. The summed E-state index contributed by atoms with van der Waals surface area (Å²) >= 11 is 0. The highest BCUT2D eigenvalue weighted by Gasteiger charge is 2.31. The van der Waals surface area contributed by atoms with Gasteiger partial charge in [-0.15, -0.1) is 0 Å². The van der Waals surface area contributed by atoms with Gasteiger partial charge in [0.2, 0.25) is 0 Å². The van der Waals surface area contributed by atoms with Crippen molar-refractivity contribution >= 4 is 28.3 Å². The van der Waals surface area contributed by atoms with E-state index in [-0.39, 0.29) is 18.3 Å². The monoisotopic (exact) mass is 332 g/mol. The molecule has 5 nitrogen and oxygen atoms in total. The van der Waals surface area contributed by atoms with Crippen LogP contribution in [0.2, 0.25) is 0 Å². The number of aromatic nitrogens is 1. The Labute approximate surface area is 144 Å². The second-order valence-corrected chi connectivity index (χ2v) is 5.76. The smallest absolute Gasteiger partial charge is 0.325 e.